The van der Waals surface area contributed by atoms with E-state index in [0.29, 0.717) is 34.0 Å². The highest BCUT2D eigenvalue weighted by atomic mass is 32.2. The zero-order valence-electron chi connectivity index (χ0n) is 22.8. The van der Waals surface area contributed by atoms with Crippen LogP contribution in [0.2, 0.25) is 0 Å². The molecule has 7 nitrogen and oxygen atoms in total. The molecule has 4 rings (SSSR count). The normalized spacial score (nSPS) is 15.0. The molecule has 1 aromatic carbocycles. The average Bonchev–Trinajstić information content (AvgIpc) is 3.39. The van der Waals surface area contributed by atoms with Gasteiger partial charge in [0, 0.05) is 11.4 Å². The first-order chi connectivity index (χ1) is 18.1. The Morgan fingerprint density at radius 1 is 1.32 bits per heavy atom. The number of rotatable bonds is 9. The van der Waals surface area contributed by atoms with Crippen LogP contribution >= 0.6 is 23.1 Å². The summed E-state index contributed by atoms with van der Waals surface area (Å²) in [5.41, 5.74) is 4.22. The van der Waals surface area contributed by atoms with Crippen LogP contribution in [-0.2, 0) is 30.8 Å². The zero-order chi connectivity index (χ0) is 27.4. The molecule has 3 aromatic rings. The van der Waals surface area contributed by atoms with Gasteiger partial charge in [0.05, 0.1) is 11.3 Å². The summed E-state index contributed by atoms with van der Waals surface area (Å²) in [5, 5.41) is 22.7. The van der Waals surface area contributed by atoms with Crippen LogP contribution in [0.1, 0.15) is 60.1 Å². The van der Waals surface area contributed by atoms with E-state index >= 15 is 0 Å². The fraction of sp³-hybridized carbons (Fsp3) is 0.448. The molecule has 0 bridgehead atoms. The van der Waals surface area contributed by atoms with Gasteiger partial charge in [-0.05, 0) is 73.3 Å². The van der Waals surface area contributed by atoms with Gasteiger partial charge in [-0.2, -0.15) is 5.26 Å². The third-order valence-electron chi connectivity index (χ3n) is 6.86. The maximum Gasteiger partial charge on any atom is 0.235 e. The molecule has 1 aliphatic carbocycles. The van der Waals surface area contributed by atoms with Gasteiger partial charge in [0.2, 0.25) is 5.91 Å². The number of aromatic nitrogens is 3. The molecule has 0 aliphatic heterocycles. The third kappa shape index (κ3) is 6.48. The first kappa shape index (κ1) is 27.9. The molecule has 38 heavy (non-hydrogen) atoms. The summed E-state index contributed by atoms with van der Waals surface area (Å²) in [5.74, 6) is 2.01. The Labute approximate surface area is 233 Å². The lowest BCUT2D eigenvalue weighted by Crippen LogP contribution is -2.26. The van der Waals surface area contributed by atoms with Gasteiger partial charge in [-0.1, -0.05) is 44.7 Å². The van der Waals surface area contributed by atoms with Crippen molar-refractivity contribution in [3.63, 3.8) is 0 Å². The van der Waals surface area contributed by atoms with Gasteiger partial charge in [-0.3, -0.25) is 9.36 Å². The second kappa shape index (κ2) is 11.7. The molecule has 2 aromatic heterocycles. The van der Waals surface area contributed by atoms with Crippen LogP contribution in [0.25, 0.3) is 0 Å². The summed E-state index contributed by atoms with van der Waals surface area (Å²) in [7, 11) is 0. The Balaban J connectivity index is 1.41. The minimum absolute atomic E-state index is 0.158. The fourth-order valence-corrected chi connectivity index (χ4v) is 6.89. The largest absolute Gasteiger partial charge is 0.486 e. The molecule has 1 amide bonds. The van der Waals surface area contributed by atoms with Crippen LogP contribution in [0.15, 0.2) is 36.0 Å². The molecular formula is C29H35N5O2S2. The van der Waals surface area contributed by atoms with Gasteiger partial charge in [-0.15, -0.1) is 28.1 Å². The third-order valence-corrected chi connectivity index (χ3v) is 8.99. The quantitative estimate of drug-likeness (QED) is 0.243. The Bertz CT molecular complexity index is 1360. The van der Waals surface area contributed by atoms with Crippen LogP contribution in [-0.4, -0.2) is 26.4 Å². The molecule has 0 saturated heterocycles. The van der Waals surface area contributed by atoms with Crippen molar-refractivity contribution in [3.8, 4) is 11.8 Å². The number of anilines is 1. The lowest BCUT2D eigenvalue weighted by atomic mass is 9.72. The molecule has 9 heteroatoms. The number of carbonyl (C=O) groups excluding carboxylic acids is 1. The summed E-state index contributed by atoms with van der Waals surface area (Å²) in [6.45, 7) is 15.5. The predicted molar refractivity (Wildman–Crippen MR) is 154 cm³/mol. The number of hydrogen-bond acceptors (Lipinski definition) is 7. The van der Waals surface area contributed by atoms with E-state index in [2.05, 4.69) is 55.0 Å². The van der Waals surface area contributed by atoms with Crippen molar-refractivity contribution in [2.24, 2.45) is 11.3 Å². The van der Waals surface area contributed by atoms with E-state index < -0.39 is 0 Å². The van der Waals surface area contributed by atoms with Crippen molar-refractivity contribution in [2.75, 3.05) is 11.1 Å². The summed E-state index contributed by atoms with van der Waals surface area (Å²) >= 11 is 2.86. The first-order valence-corrected chi connectivity index (χ1v) is 14.6. The van der Waals surface area contributed by atoms with Gasteiger partial charge in [-0.25, -0.2) is 0 Å². The van der Waals surface area contributed by atoms with E-state index in [1.54, 1.807) is 17.4 Å². The van der Waals surface area contributed by atoms with Crippen LogP contribution in [0.4, 0.5) is 5.00 Å². The molecule has 0 saturated carbocycles. The van der Waals surface area contributed by atoms with Gasteiger partial charge < -0.3 is 10.1 Å². The van der Waals surface area contributed by atoms with Gasteiger partial charge >= 0.3 is 0 Å². The molecule has 0 radical (unpaired) electrons. The van der Waals surface area contributed by atoms with E-state index in [0.717, 1.165) is 41.7 Å². The number of thioether (sulfide) groups is 1. The van der Waals surface area contributed by atoms with Crippen molar-refractivity contribution < 1.29 is 9.53 Å². The minimum atomic E-state index is -0.168. The van der Waals surface area contributed by atoms with Gasteiger partial charge in [0.15, 0.2) is 11.0 Å². The lowest BCUT2D eigenvalue weighted by molar-refractivity contribution is -0.113. The number of carbonyl (C=O) groups is 1. The molecule has 0 spiro atoms. The summed E-state index contributed by atoms with van der Waals surface area (Å²) in [4.78, 5) is 14.1. The van der Waals surface area contributed by atoms with Crippen molar-refractivity contribution in [1.82, 2.24) is 14.8 Å². The number of thiophene rings is 1. The molecule has 0 unspecified atom stereocenters. The fourth-order valence-electron chi connectivity index (χ4n) is 4.83. The Kier molecular flexibility index (Phi) is 8.64. The van der Waals surface area contributed by atoms with Crippen LogP contribution in [0, 0.1) is 36.5 Å². The van der Waals surface area contributed by atoms with Crippen molar-refractivity contribution >= 4 is 34.0 Å². The number of benzene rings is 1. The van der Waals surface area contributed by atoms with E-state index in [1.807, 2.05) is 30.5 Å². The number of nitrogens with zero attached hydrogens (tertiary/aromatic N) is 4. The highest BCUT2D eigenvalue weighted by molar-refractivity contribution is 7.99. The number of amides is 1. The van der Waals surface area contributed by atoms with Crippen molar-refractivity contribution in [1.29, 1.82) is 5.26 Å². The second-order valence-corrected chi connectivity index (χ2v) is 12.9. The maximum absolute atomic E-state index is 12.9. The van der Waals surface area contributed by atoms with Crippen molar-refractivity contribution in [2.45, 2.75) is 72.2 Å². The second-order valence-electron chi connectivity index (χ2n) is 10.9. The number of fused-ring (bicyclic) bond motifs is 1. The maximum atomic E-state index is 12.9. The van der Waals surface area contributed by atoms with Crippen LogP contribution in [0.3, 0.4) is 0 Å². The smallest absolute Gasteiger partial charge is 0.235 e. The Hall–Kier alpha value is -3.09. The summed E-state index contributed by atoms with van der Waals surface area (Å²) in [6.07, 6.45) is 4.69. The van der Waals surface area contributed by atoms with Crippen LogP contribution < -0.4 is 10.1 Å². The molecule has 1 atom stereocenters. The van der Waals surface area contributed by atoms with Crippen LogP contribution in [0.5, 0.6) is 5.75 Å². The highest BCUT2D eigenvalue weighted by Gasteiger charge is 2.32. The number of aryl methyl sites for hydroxylation is 2. The summed E-state index contributed by atoms with van der Waals surface area (Å²) < 4.78 is 7.88. The van der Waals surface area contributed by atoms with E-state index in [9.17, 15) is 10.1 Å². The molecular weight excluding hydrogens is 514 g/mol. The number of allylic oxidation sites excluding steroid dienone is 1. The lowest BCUT2D eigenvalue weighted by Gasteiger charge is -2.33. The number of nitrogens with one attached hydrogen (secondary N) is 1. The number of nitriles is 1. The molecule has 2 heterocycles. The monoisotopic (exact) mass is 549 g/mol. The summed E-state index contributed by atoms with van der Waals surface area (Å²) in [6, 6.07) is 8.41. The predicted octanol–water partition coefficient (Wildman–Crippen LogP) is 6.47. The first-order valence-electron chi connectivity index (χ1n) is 12.8. The number of ether oxygens (including phenoxy) is 1. The topological polar surface area (TPSA) is 92.8 Å². The average molecular weight is 550 g/mol. The van der Waals surface area contributed by atoms with E-state index in [1.165, 1.54) is 16.6 Å². The number of hydrogen-bond donors (Lipinski definition) is 1. The Morgan fingerprint density at radius 2 is 2.05 bits per heavy atom. The highest BCUT2D eigenvalue weighted by Crippen LogP contribution is 2.44. The standard InChI is InChI=1S/C29H35N5O2S2/c1-7-10-34-25(16-36-21-12-18(2)11-19(3)13-21)32-33-28(34)37-17-26(35)31-27-23(15-30)22-9-8-20(29(4,5)6)14-24(22)38-27/h7,11-13,20H,1,8-10,14,16-17H2,2-6H3,(H,31,35)/t20-/m0/s1. The molecule has 1 N–H and O–H groups in total. The zero-order valence-corrected chi connectivity index (χ0v) is 24.4. The molecule has 1 aliphatic rings. The molecule has 200 valence electrons. The van der Waals surface area contributed by atoms with Crippen molar-refractivity contribution in [3.05, 3.63) is 63.8 Å². The van der Waals surface area contributed by atoms with Gasteiger partial charge in [0.1, 0.15) is 23.4 Å². The van der Waals surface area contributed by atoms with Gasteiger partial charge in [0.25, 0.3) is 0 Å². The minimum Gasteiger partial charge on any atom is -0.486 e. The SMILES string of the molecule is C=CCn1c(COc2cc(C)cc(C)c2)nnc1SCC(=O)Nc1sc2c(c1C#N)CC[C@H](C(C)(C)C)C2. The molecule has 0 fully saturated rings. The Morgan fingerprint density at radius 3 is 2.71 bits per heavy atom. The van der Waals surface area contributed by atoms with E-state index in [-0.39, 0.29) is 23.7 Å². The van der Waals surface area contributed by atoms with E-state index in [4.69, 9.17) is 4.74 Å².